The van der Waals surface area contributed by atoms with Crippen molar-refractivity contribution >= 4 is 0 Å². The highest BCUT2D eigenvalue weighted by Crippen LogP contribution is 2.22. The molecule has 1 unspecified atom stereocenters. The summed E-state index contributed by atoms with van der Waals surface area (Å²) in [5.74, 6) is -1.75. The van der Waals surface area contributed by atoms with Crippen molar-refractivity contribution in [2.45, 2.75) is 32.9 Å². The Morgan fingerprint density at radius 1 is 1.21 bits per heavy atom. The molecule has 0 amide bonds. The Bertz CT molecular complexity index is 578. The average Bonchev–Trinajstić information content (AvgIpc) is 2.84. The first-order valence-corrected chi connectivity index (χ1v) is 6.34. The fourth-order valence-corrected chi connectivity index (χ4v) is 2.04. The van der Waals surface area contributed by atoms with Crippen LogP contribution in [-0.2, 0) is 13.0 Å². The van der Waals surface area contributed by atoms with Crippen molar-refractivity contribution in [3.05, 3.63) is 52.9 Å². The highest BCUT2D eigenvalue weighted by molar-refractivity contribution is 5.29. The molecule has 1 heterocycles. The zero-order chi connectivity index (χ0) is 14.0. The van der Waals surface area contributed by atoms with Crippen LogP contribution in [-0.4, -0.2) is 9.78 Å². The summed E-state index contributed by atoms with van der Waals surface area (Å²) < 4.78 is 28.0. The van der Waals surface area contributed by atoms with E-state index in [0.717, 1.165) is 29.9 Å². The Labute approximate surface area is 111 Å². The lowest BCUT2D eigenvalue weighted by atomic mass is 10.0. The molecule has 2 aromatic rings. The Hall–Kier alpha value is -1.75. The summed E-state index contributed by atoms with van der Waals surface area (Å²) >= 11 is 0. The molecule has 102 valence electrons. The SMILES string of the molecule is CCc1cc(C(N)c2ccc(F)c(F)c2)n(CC)n1. The monoisotopic (exact) mass is 265 g/mol. The number of hydrogen-bond acceptors (Lipinski definition) is 2. The number of hydrogen-bond donors (Lipinski definition) is 1. The molecule has 0 saturated carbocycles. The van der Waals surface area contributed by atoms with Gasteiger partial charge in [-0.15, -0.1) is 0 Å². The number of rotatable bonds is 4. The molecule has 0 spiro atoms. The molecule has 3 nitrogen and oxygen atoms in total. The topological polar surface area (TPSA) is 43.8 Å². The first kappa shape index (κ1) is 13.7. The molecule has 0 saturated heterocycles. The molecule has 5 heteroatoms. The minimum atomic E-state index is -0.883. The standard InChI is InChI=1S/C14H17F2N3/c1-3-10-8-13(19(4-2)18-10)14(17)9-5-6-11(15)12(16)7-9/h5-8,14H,3-4,17H2,1-2H3. The molecule has 19 heavy (non-hydrogen) atoms. The molecule has 0 bridgehead atoms. The summed E-state index contributed by atoms with van der Waals surface area (Å²) in [7, 11) is 0. The maximum absolute atomic E-state index is 13.3. The van der Waals surface area contributed by atoms with Crippen LogP contribution in [0.3, 0.4) is 0 Å². The highest BCUT2D eigenvalue weighted by Gasteiger charge is 2.17. The van der Waals surface area contributed by atoms with Gasteiger partial charge in [0.05, 0.1) is 17.4 Å². The van der Waals surface area contributed by atoms with E-state index in [-0.39, 0.29) is 0 Å². The zero-order valence-corrected chi connectivity index (χ0v) is 11.0. The predicted molar refractivity (Wildman–Crippen MR) is 69.7 cm³/mol. The molecule has 0 aliphatic rings. The van der Waals surface area contributed by atoms with Crippen LogP contribution in [0.5, 0.6) is 0 Å². The minimum absolute atomic E-state index is 0.511. The largest absolute Gasteiger partial charge is 0.319 e. The van der Waals surface area contributed by atoms with Gasteiger partial charge < -0.3 is 5.73 Å². The van der Waals surface area contributed by atoms with Crippen LogP contribution in [0.15, 0.2) is 24.3 Å². The number of benzene rings is 1. The number of aromatic nitrogens is 2. The van der Waals surface area contributed by atoms with Crippen molar-refractivity contribution in [2.75, 3.05) is 0 Å². The summed E-state index contributed by atoms with van der Waals surface area (Å²) in [4.78, 5) is 0. The van der Waals surface area contributed by atoms with Crippen LogP contribution in [0.2, 0.25) is 0 Å². The summed E-state index contributed by atoms with van der Waals surface area (Å²) in [6, 6.07) is 5.14. The van der Waals surface area contributed by atoms with E-state index in [9.17, 15) is 8.78 Å². The fourth-order valence-electron chi connectivity index (χ4n) is 2.04. The Kier molecular flexibility index (Phi) is 3.95. The molecule has 2 N–H and O–H groups in total. The number of nitrogens with two attached hydrogens (primary N) is 1. The van der Waals surface area contributed by atoms with E-state index in [0.29, 0.717) is 12.1 Å². The van der Waals surface area contributed by atoms with Gasteiger partial charge in [-0.25, -0.2) is 8.78 Å². The van der Waals surface area contributed by atoms with Crippen molar-refractivity contribution < 1.29 is 8.78 Å². The molecule has 0 aliphatic heterocycles. The summed E-state index contributed by atoms with van der Waals surface area (Å²) in [5, 5.41) is 4.40. The summed E-state index contributed by atoms with van der Waals surface area (Å²) in [6.45, 7) is 4.66. The lowest BCUT2D eigenvalue weighted by molar-refractivity contribution is 0.505. The van der Waals surface area contributed by atoms with Crippen molar-refractivity contribution in [2.24, 2.45) is 5.73 Å². The molecule has 1 aromatic carbocycles. The quantitative estimate of drug-likeness (QED) is 0.923. The van der Waals surface area contributed by atoms with E-state index < -0.39 is 17.7 Å². The van der Waals surface area contributed by atoms with Gasteiger partial charge in [-0.2, -0.15) is 5.10 Å². The predicted octanol–water partition coefficient (Wildman–Crippen LogP) is 2.79. The summed E-state index contributed by atoms with van der Waals surface area (Å²) in [5.41, 5.74) is 8.42. The smallest absolute Gasteiger partial charge is 0.159 e. The van der Waals surface area contributed by atoms with Crippen LogP contribution >= 0.6 is 0 Å². The lowest BCUT2D eigenvalue weighted by Crippen LogP contribution is -2.17. The second kappa shape index (κ2) is 5.48. The van der Waals surface area contributed by atoms with Crippen LogP contribution in [0.25, 0.3) is 0 Å². The van der Waals surface area contributed by atoms with Gasteiger partial charge in [0.25, 0.3) is 0 Å². The van der Waals surface area contributed by atoms with Crippen LogP contribution in [0.1, 0.15) is 36.8 Å². The second-order valence-electron chi connectivity index (χ2n) is 4.38. The Morgan fingerprint density at radius 3 is 2.53 bits per heavy atom. The minimum Gasteiger partial charge on any atom is -0.319 e. The van der Waals surface area contributed by atoms with E-state index >= 15 is 0 Å². The maximum atomic E-state index is 13.3. The Morgan fingerprint density at radius 2 is 1.95 bits per heavy atom. The van der Waals surface area contributed by atoms with Gasteiger partial charge in [0, 0.05) is 6.54 Å². The van der Waals surface area contributed by atoms with Crippen molar-refractivity contribution in [1.29, 1.82) is 0 Å². The summed E-state index contributed by atoms with van der Waals surface area (Å²) in [6.07, 6.45) is 0.810. The molecule has 2 rings (SSSR count). The van der Waals surface area contributed by atoms with E-state index in [1.807, 2.05) is 19.9 Å². The third kappa shape index (κ3) is 2.66. The molecule has 0 fully saturated rings. The van der Waals surface area contributed by atoms with Gasteiger partial charge in [0.1, 0.15) is 0 Å². The van der Waals surface area contributed by atoms with Crippen LogP contribution in [0, 0.1) is 11.6 Å². The van der Waals surface area contributed by atoms with E-state index in [1.54, 1.807) is 4.68 Å². The van der Waals surface area contributed by atoms with E-state index in [2.05, 4.69) is 5.10 Å². The average molecular weight is 265 g/mol. The van der Waals surface area contributed by atoms with Gasteiger partial charge in [0.2, 0.25) is 0 Å². The normalized spacial score (nSPS) is 12.7. The van der Waals surface area contributed by atoms with Gasteiger partial charge in [0.15, 0.2) is 11.6 Å². The lowest BCUT2D eigenvalue weighted by Gasteiger charge is -2.13. The number of halogens is 2. The third-order valence-corrected chi connectivity index (χ3v) is 3.14. The first-order chi connectivity index (χ1) is 9.06. The molecular formula is C14H17F2N3. The zero-order valence-electron chi connectivity index (χ0n) is 11.0. The molecule has 1 atom stereocenters. The molecule has 0 aliphatic carbocycles. The van der Waals surface area contributed by atoms with Gasteiger partial charge in [-0.3, -0.25) is 4.68 Å². The molecule has 0 radical (unpaired) electrons. The third-order valence-electron chi connectivity index (χ3n) is 3.14. The number of aryl methyl sites for hydroxylation is 2. The van der Waals surface area contributed by atoms with E-state index in [4.69, 9.17) is 5.73 Å². The van der Waals surface area contributed by atoms with Crippen molar-refractivity contribution in [1.82, 2.24) is 9.78 Å². The molecule has 1 aromatic heterocycles. The number of nitrogens with zero attached hydrogens (tertiary/aromatic N) is 2. The molecular weight excluding hydrogens is 248 g/mol. The van der Waals surface area contributed by atoms with Crippen molar-refractivity contribution in [3.8, 4) is 0 Å². The van der Waals surface area contributed by atoms with Gasteiger partial charge >= 0.3 is 0 Å². The van der Waals surface area contributed by atoms with Crippen LogP contribution in [0.4, 0.5) is 8.78 Å². The Balaban J connectivity index is 2.39. The highest BCUT2D eigenvalue weighted by atomic mass is 19.2. The van der Waals surface area contributed by atoms with Gasteiger partial charge in [-0.05, 0) is 37.1 Å². The maximum Gasteiger partial charge on any atom is 0.159 e. The van der Waals surface area contributed by atoms with Crippen LogP contribution < -0.4 is 5.73 Å². The van der Waals surface area contributed by atoms with Gasteiger partial charge in [-0.1, -0.05) is 13.0 Å². The first-order valence-electron chi connectivity index (χ1n) is 6.34. The van der Waals surface area contributed by atoms with E-state index in [1.165, 1.54) is 6.07 Å². The second-order valence-corrected chi connectivity index (χ2v) is 4.38. The fraction of sp³-hybridized carbons (Fsp3) is 0.357. The van der Waals surface area contributed by atoms with Crippen molar-refractivity contribution in [3.63, 3.8) is 0 Å².